The molecule has 1 amide bonds. The number of nitriles is 1. The fourth-order valence-corrected chi connectivity index (χ4v) is 6.66. The molecule has 3 aliphatic heterocycles. The molecule has 3 aliphatic rings. The highest BCUT2D eigenvalue weighted by Crippen LogP contribution is 2.57. The molecular weight excluding hydrogens is 514 g/mol. The van der Waals surface area contributed by atoms with Crippen molar-refractivity contribution in [2.24, 2.45) is 5.73 Å². The van der Waals surface area contributed by atoms with Gasteiger partial charge >= 0.3 is 0 Å². The van der Waals surface area contributed by atoms with Crippen molar-refractivity contribution in [3.8, 4) is 34.8 Å². The third kappa shape index (κ3) is 3.74. The number of piperazine rings is 1. The number of phenolic OH excluding ortho intramolecular Hbond substituents is 3. The molecule has 0 aliphatic carbocycles. The summed E-state index contributed by atoms with van der Waals surface area (Å²) in [5.41, 5.74) is 9.85. The second-order valence-corrected chi connectivity index (χ2v) is 10.8. The Balaban J connectivity index is 1.81. The van der Waals surface area contributed by atoms with Gasteiger partial charge in [-0.25, -0.2) is 0 Å². The summed E-state index contributed by atoms with van der Waals surface area (Å²) in [6.45, 7) is 5.08. The van der Waals surface area contributed by atoms with E-state index in [2.05, 4.69) is 16.3 Å². The Morgan fingerprint density at radius 3 is 2.42 bits per heavy atom. The highest BCUT2D eigenvalue weighted by molar-refractivity contribution is 5.81. The van der Waals surface area contributed by atoms with Crippen molar-refractivity contribution < 1.29 is 29.6 Å². The fraction of sp³-hybridized carbons (Fsp3) is 0.448. The van der Waals surface area contributed by atoms with Crippen LogP contribution in [0.15, 0.2) is 11.8 Å². The number of carbonyl (C=O) groups excluding carboxylic acids is 1. The number of carbonyl (C=O) groups is 1. The number of phenols is 3. The van der Waals surface area contributed by atoms with E-state index in [4.69, 9.17) is 15.2 Å². The zero-order chi connectivity index (χ0) is 29.2. The van der Waals surface area contributed by atoms with E-state index in [0.717, 1.165) is 11.1 Å². The first-order valence-electron chi connectivity index (χ1n) is 13.1. The lowest BCUT2D eigenvalue weighted by atomic mass is 9.75. The molecule has 5 rings (SSSR count). The number of nitrogens with one attached hydrogen (secondary N) is 1. The maximum atomic E-state index is 12.6. The lowest BCUT2D eigenvalue weighted by molar-refractivity contribution is -0.122. The molecular formula is C29H35N5O6. The molecule has 6 N–H and O–H groups in total. The number of benzene rings is 2. The highest BCUT2D eigenvalue weighted by atomic mass is 16.5. The molecule has 212 valence electrons. The second kappa shape index (κ2) is 9.80. The number of nitrogens with zero attached hydrogens (tertiary/aromatic N) is 3. The summed E-state index contributed by atoms with van der Waals surface area (Å²) >= 11 is 0. The smallest absolute Gasteiger partial charge is 0.236 e. The number of nitrogens with two attached hydrogens (primary N) is 1. The normalized spacial score (nSPS) is 23.6. The topological polar surface area (TPSA) is 165 Å². The predicted octanol–water partition coefficient (Wildman–Crippen LogP) is 2.10. The molecule has 5 atom stereocenters. The van der Waals surface area contributed by atoms with Gasteiger partial charge in [0.25, 0.3) is 0 Å². The van der Waals surface area contributed by atoms with Gasteiger partial charge in [-0.15, -0.1) is 0 Å². The van der Waals surface area contributed by atoms with Crippen LogP contribution in [0.5, 0.6) is 28.7 Å². The fourth-order valence-electron chi connectivity index (χ4n) is 6.66. The molecule has 2 aromatic rings. The van der Waals surface area contributed by atoms with E-state index in [1.54, 1.807) is 19.9 Å². The average Bonchev–Trinajstić information content (AvgIpc) is 2.91. The van der Waals surface area contributed by atoms with Gasteiger partial charge in [-0.2, -0.15) is 5.26 Å². The second-order valence-electron chi connectivity index (χ2n) is 10.8. The van der Waals surface area contributed by atoms with Crippen LogP contribution in [-0.4, -0.2) is 77.0 Å². The number of aromatic hydroxyl groups is 3. The van der Waals surface area contributed by atoms with Crippen molar-refractivity contribution in [3.05, 3.63) is 45.1 Å². The van der Waals surface area contributed by atoms with Gasteiger partial charge in [-0.3, -0.25) is 9.69 Å². The number of hydrogen-bond donors (Lipinski definition) is 5. The first-order chi connectivity index (χ1) is 19.0. The van der Waals surface area contributed by atoms with E-state index in [1.165, 1.54) is 14.2 Å². The van der Waals surface area contributed by atoms with Crippen LogP contribution in [0, 0.1) is 25.2 Å². The first kappa shape index (κ1) is 27.4. The van der Waals surface area contributed by atoms with Gasteiger partial charge in [0.2, 0.25) is 5.91 Å². The van der Waals surface area contributed by atoms with Gasteiger partial charge < -0.3 is 40.7 Å². The molecule has 0 spiro atoms. The molecule has 0 saturated carbocycles. The number of likely N-dealkylation sites (N-methyl/N-ethyl adjacent to an activating group) is 1. The average molecular weight is 550 g/mol. The van der Waals surface area contributed by atoms with Crippen molar-refractivity contribution in [3.63, 3.8) is 0 Å². The summed E-state index contributed by atoms with van der Waals surface area (Å²) in [5.74, 6) is -0.147. The quantitative estimate of drug-likeness (QED) is 0.349. The van der Waals surface area contributed by atoms with Crippen LogP contribution in [0.4, 0.5) is 0 Å². The minimum Gasteiger partial charge on any atom is -0.507 e. The van der Waals surface area contributed by atoms with Crippen molar-refractivity contribution in [1.82, 2.24) is 15.1 Å². The SMILES string of the molecule is COc1c(C)cc2c(c1O)[C@@H]1C3=Cc4c(O)c(C)c(OC)c(O)c4[C@H](CNC(=O)C(C)N)N3[C@@H](C#N)[C@H](C2)N1C. The van der Waals surface area contributed by atoms with Gasteiger partial charge in [-0.05, 0) is 51.4 Å². The molecule has 2 bridgehead atoms. The number of amides is 1. The lowest BCUT2D eigenvalue weighted by Crippen LogP contribution is -2.62. The number of ether oxygens (including phenoxy) is 2. The third-order valence-corrected chi connectivity index (χ3v) is 8.54. The van der Waals surface area contributed by atoms with Crippen LogP contribution < -0.4 is 20.5 Å². The Hall–Kier alpha value is -4.14. The van der Waals surface area contributed by atoms with Crippen molar-refractivity contribution >= 4 is 12.0 Å². The zero-order valence-corrected chi connectivity index (χ0v) is 23.4. The summed E-state index contributed by atoms with van der Waals surface area (Å²) in [6.07, 6.45) is 2.24. The minimum absolute atomic E-state index is 0.00131. The van der Waals surface area contributed by atoms with Gasteiger partial charge in [0, 0.05) is 40.5 Å². The van der Waals surface area contributed by atoms with Crippen molar-refractivity contribution in [1.29, 1.82) is 5.26 Å². The third-order valence-electron chi connectivity index (χ3n) is 8.54. The largest absolute Gasteiger partial charge is 0.507 e. The monoisotopic (exact) mass is 549 g/mol. The maximum absolute atomic E-state index is 12.6. The maximum Gasteiger partial charge on any atom is 0.236 e. The molecule has 3 heterocycles. The minimum atomic E-state index is -0.772. The molecule has 2 aromatic carbocycles. The first-order valence-corrected chi connectivity index (χ1v) is 13.1. The van der Waals surface area contributed by atoms with E-state index in [0.29, 0.717) is 40.1 Å². The number of aryl methyl sites for hydroxylation is 1. The standard InChI is InChI=1S/C29H35N5O6/c1-12-7-15-8-17-19(10-30)34-18(23(33(17)4)21(15)25(36)27(12)39-5)9-16-22(20(34)11-32-29(38)14(3)31)26(37)28(40-6)13(2)24(16)35/h7,9,14,17,19-20,23,35-37H,8,11,31H2,1-6H3,(H,32,38)/t14?,17-,19-,20-,23-/m0/s1. The van der Waals surface area contributed by atoms with Crippen LogP contribution in [-0.2, 0) is 11.2 Å². The summed E-state index contributed by atoms with van der Waals surface area (Å²) in [7, 11) is 4.82. The zero-order valence-electron chi connectivity index (χ0n) is 23.4. The molecule has 11 nitrogen and oxygen atoms in total. The van der Waals surface area contributed by atoms with Crippen LogP contribution in [0.25, 0.3) is 6.08 Å². The number of fused-ring (bicyclic) bond motifs is 7. The molecule has 40 heavy (non-hydrogen) atoms. The van der Waals surface area contributed by atoms with Gasteiger partial charge in [0.05, 0.1) is 38.4 Å². The molecule has 1 saturated heterocycles. The van der Waals surface area contributed by atoms with E-state index >= 15 is 0 Å². The van der Waals surface area contributed by atoms with Crippen LogP contribution in [0.1, 0.15) is 52.4 Å². The Kier molecular flexibility index (Phi) is 6.72. The van der Waals surface area contributed by atoms with E-state index in [9.17, 15) is 25.4 Å². The summed E-state index contributed by atoms with van der Waals surface area (Å²) < 4.78 is 11.0. The Bertz CT molecular complexity index is 1480. The van der Waals surface area contributed by atoms with E-state index < -0.39 is 30.1 Å². The summed E-state index contributed by atoms with van der Waals surface area (Å²) in [6, 6.07) is 1.45. The molecule has 1 fully saturated rings. The molecule has 11 heteroatoms. The predicted molar refractivity (Wildman–Crippen MR) is 147 cm³/mol. The van der Waals surface area contributed by atoms with Crippen LogP contribution in [0.3, 0.4) is 0 Å². The molecule has 1 unspecified atom stereocenters. The van der Waals surface area contributed by atoms with Gasteiger partial charge in [-0.1, -0.05) is 6.07 Å². The summed E-state index contributed by atoms with van der Waals surface area (Å²) in [5, 5.41) is 47.5. The Morgan fingerprint density at radius 2 is 1.82 bits per heavy atom. The molecule has 0 radical (unpaired) electrons. The lowest BCUT2D eigenvalue weighted by Gasteiger charge is -2.57. The Labute approximate surface area is 233 Å². The molecule has 0 aromatic heterocycles. The van der Waals surface area contributed by atoms with E-state index in [1.807, 2.05) is 24.9 Å². The number of methoxy groups -OCH3 is 2. The van der Waals surface area contributed by atoms with Gasteiger partial charge in [0.15, 0.2) is 23.0 Å². The van der Waals surface area contributed by atoms with E-state index in [-0.39, 0.29) is 35.6 Å². The number of rotatable bonds is 5. The summed E-state index contributed by atoms with van der Waals surface area (Å²) in [4.78, 5) is 16.5. The number of hydrogen-bond acceptors (Lipinski definition) is 10. The highest BCUT2D eigenvalue weighted by Gasteiger charge is 2.53. The Morgan fingerprint density at radius 1 is 1.18 bits per heavy atom. The van der Waals surface area contributed by atoms with Crippen molar-refractivity contribution in [2.75, 3.05) is 27.8 Å². The van der Waals surface area contributed by atoms with Gasteiger partial charge in [0.1, 0.15) is 11.8 Å². The van der Waals surface area contributed by atoms with Crippen LogP contribution >= 0.6 is 0 Å². The van der Waals surface area contributed by atoms with Crippen molar-refractivity contribution in [2.45, 2.75) is 57.4 Å². The van der Waals surface area contributed by atoms with Crippen LogP contribution in [0.2, 0.25) is 0 Å².